The second-order valence-corrected chi connectivity index (χ2v) is 7.12. The molecule has 1 aliphatic rings. The number of nitrogens with zero attached hydrogens (tertiary/aromatic N) is 3. The number of hydrogen-bond donors (Lipinski definition) is 2. The van der Waals surface area contributed by atoms with Crippen molar-refractivity contribution >= 4 is 29.9 Å². The predicted molar refractivity (Wildman–Crippen MR) is 126 cm³/mol. The number of benzene rings is 1. The molecule has 0 saturated carbocycles. The average Bonchev–Trinajstić information content (AvgIpc) is 3.15. The number of halogens is 1. The highest BCUT2D eigenvalue weighted by Gasteiger charge is 2.34. The summed E-state index contributed by atoms with van der Waals surface area (Å²) >= 11 is 0. The van der Waals surface area contributed by atoms with Gasteiger partial charge in [0, 0.05) is 45.0 Å². The van der Waals surface area contributed by atoms with E-state index in [9.17, 15) is 0 Å². The lowest BCUT2D eigenvalue weighted by molar-refractivity contribution is 0.0513. The fourth-order valence-corrected chi connectivity index (χ4v) is 3.59. The van der Waals surface area contributed by atoms with E-state index >= 15 is 0 Å². The third-order valence-electron chi connectivity index (χ3n) is 5.41. The normalized spacial score (nSPS) is 16.0. The summed E-state index contributed by atoms with van der Waals surface area (Å²) in [4.78, 5) is 4.74. The van der Waals surface area contributed by atoms with Crippen LogP contribution in [0.25, 0.3) is 0 Å². The molecule has 7 nitrogen and oxygen atoms in total. The van der Waals surface area contributed by atoms with Gasteiger partial charge in [0.05, 0.1) is 19.3 Å². The molecule has 0 amide bonds. The third-order valence-corrected chi connectivity index (χ3v) is 5.41. The van der Waals surface area contributed by atoms with Crippen molar-refractivity contribution in [2.45, 2.75) is 31.7 Å². The van der Waals surface area contributed by atoms with Crippen LogP contribution < -0.4 is 15.4 Å². The summed E-state index contributed by atoms with van der Waals surface area (Å²) in [5.74, 6) is 1.70. The fourth-order valence-electron chi connectivity index (χ4n) is 3.59. The zero-order valence-electron chi connectivity index (χ0n) is 17.5. The number of aliphatic imine (C=N–C) groups is 1. The van der Waals surface area contributed by atoms with E-state index in [-0.39, 0.29) is 29.4 Å². The lowest BCUT2D eigenvalue weighted by atomic mass is 9.74. The van der Waals surface area contributed by atoms with Crippen LogP contribution in [-0.4, -0.2) is 49.2 Å². The molecule has 0 atom stereocenters. The van der Waals surface area contributed by atoms with Crippen LogP contribution >= 0.6 is 24.0 Å². The predicted octanol–water partition coefficient (Wildman–Crippen LogP) is 2.85. The minimum atomic E-state index is 0. The van der Waals surface area contributed by atoms with Crippen molar-refractivity contribution in [3.05, 3.63) is 47.8 Å². The van der Waals surface area contributed by atoms with Crippen molar-refractivity contribution in [3.8, 4) is 5.75 Å². The molecule has 0 spiro atoms. The molecule has 1 aromatic heterocycles. The topological polar surface area (TPSA) is 72.7 Å². The van der Waals surface area contributed by atoms with Crippen molar-refractivity contribution in [1.82, 2.24) is 20.4 Å². The van der Waals surface area contributed by atoms with Crippen molar-refractivity contribution in [3.63, 3.8) is 0 Å². The van der Waals surface area contributed by atoms with Gasteiger partial charge in [0.2, 0.25) is 0 Å². The average molecular weight is 513 g/mol. The van der Waals surface area contributed by atoms with Gasteiger partial charge in [-0.05, 0) is 43.5 Å². The molecule has 0 unspecified atom stereocenters. The van der Waals surface area contributed by atoms with Gasteiger partial charge in [-0.2, -0.15) is 5.10 Å². The molecule has 1 saturated heterocycles. The minimum Gasteiger partial charge on any atom is -0.497 e. The number of aromatic nitrogens is 2. The van der Waals surface area contributed by atoms with Crippen LogP contribution in [0.5, 0.6) is 5.75 Å². The van der Waals surface area contributed by atoms with Crippen molar-refractivity contribution < 1.29 is 9.47 Å². The van der Waals surface area contributed by atoms with Crippen LogP contribution in [0.1, 0.15) is 31.0 Å². The summed E-state index contributed by atoms with van der Waals surface area (Å²) in [5.41, 5.74) is 2.41. The molecule has 1 aromatic carbocycles. The van der Waals surface area contributed by atoms with E-state index < -0.39 is 0 Å². The number of rotatable bonds is 7. The monoisotopic (exact) mass is 513 g/mol. The van der Waals surface area contributed by atoms with Gasteiger partial charge >= 0.3 is 0 Å². The summed E-state index contributed by atoms with van der Waals surface area (Å²) in [5, 5.41) is 11.1. The number of guanidine groups is 1. The molecule has 0 aliphatic carbocycles. The van der Waals surface area contributed by atoms with Crippen LogP contribution in [0.3, 0.4) is 0 Å². The number of hydrogen-bond acceptors (Lipinski definition) is 4. The van der Waals surface area contributed by atoms with Crippen molar-refractivity contribution in [2.24, 2.45) is 12.0 Å². The Morgan fingerprint density at radius 2 is 1.93 bits per heavy atom. The Morgan fingerprint density at radius 1 is 1.21 bits per heavy atom. The fraction of sp³-hybridized carbons (Fsp3) is 0.524. The first-order chi connectivity index (χ1) is 13.7. The van der Waals surface area contributed by atoms with Gasteiger partial charge in [-0.15, -0.1) is 24.0 Å². The molecular formula is C21H32IN5O2. The minimum absolute atomic E-state index is 0. The van der Waals surface area contributed by atoms with Gasteiger partial charge in [0.1, 0.15) is 5.75 Å². The Bertz CT molecular complexity index is 770. The Hall–Kier alpha value is -1.81. The van der Waals surface area contributed by atoms with E-state index in [0.717, 1.165) is 56.5 Å². The van der Waals surface area contributed by atoms with Crippen LogP contribution in [0, 0.1) is 0 Å². The third kappa shape index (κ3) is 6.08. The maximum absolute atomic E-state index is 5.65. The number of nitrogens with one attached hydrogen (secondary N) is 2. The highest BCUT2D eigenvalue weighted by molar-refractivity contribution is 14.0. The van der Waals surface area contributed by atoms with Crippen LogP contribution in [-0.2, 0) is 23.7 Å². The second-order valence-electron chi connectivity index (χ2n) is 7.12. The first-order valence-electron chi connectivity index (χ1n) is 9.88. The Labute approximate surface area is 190 Å². The summed E-state index contributed by atoms with van der Waals surface area (Å²) in [6.45, 7) is 5.84. The Kier molecular flexibility index (Phi) is 9.22. The van der Waals surface area contributed by atoms with Crippen LogP contribution in [0.15, 0.2) is 41.5 Å². The van der Waals surface area contributed by atoms with E-state index in [1.54, 1.807) is 13.3 Å². The summed E-state index contributed by atoms with van der Waals surface area (Å²) < 4.78 is 12.8. The zero-order valence-corrected chi connectivity index (χ0v) is 19.8. The Balaban J connectivity index is 0.00000300. The first-order valence-corrected chi connectivity index (χ1v) is 9.88. The van der Waals surface area contributed by atoms with Gasteiger partial charge in [-0.1, -0.05) is 12.1 Å². The van der Waals surface area contributed by atoms with E-state index in [4.69, 9.17) is 14.5 Å². The molecular weight excluding hydrogens is 481 g/mol. The van der Waals surface area contributed by atoms with E-state index in [1.165, 1.54) is 5.56 Å². The van der Waals surface area contributed by atoms with E-state index in [1.807, 2.05) is 29.9 Å². The lowest BCUT2D eigenvalue weighted by Crippen LogP contribution is -2.48. The molecule has 0 bridgehead atoms. The van der Waals surface area contributed by atoms with Crippen LogP contribution in [0.4, 0.5) is 0 Å². The molecule has 1 aliphatic heterocycles. The summed E-state index contributed by atoms with van der Waals surface area (Å²) in [7, 11) is 3.63. The molecule has 160 valence electrons. The lowest BCUT2D eigenvalue weighted by Gasteiger charge is -2.38. The van der Waals surface area contributed by atoms with Gasteiger partial charge in [-0.25, -0.2) is 4.99 Å². The molecule has 29 heavy (non-hydrogen) atoms. The number of methoxy groups -OCH3 is 1. The molecule has 8 heteroatoms. The standard InChI is InChI=1S/C21H31N5O2.HI/c1-4-22-20(23-15-18-9-12-25-26(18)2)24-16-21(10-13-28-14-11-21)17-5-7-19(27-3)8-6-17;/h5-9,12H,4,10-11,13-16H2,1-3H3,(H2,22,23,24);1H. The van der Waals surface area contributed by atoms with Crippen molar-refractivity contribution in [2.75, 3.05) is 33.4 Å². The maximum atomic E-state index is 5.65. The van der Waals surface area contributed by atoms with Gasteiger partial charge < -0.3 is 20.1 Å². The Morgan fingerprint density at radius 3 is 2.52 bits per heavy atom. The summed E-state index contributed by atoms with van der Waals surface area (Å²) in [6, 6.07) is 10.4. The highest BCUT2D eigenvalue weighted by Crippen LogP contribution is 2.35. The second kappa shape index (κ2) is 11.4. The van der Waals surface area contributed by atoms with Crippen molar-refractivity contribution in [1.29, 1.82) is 0 Å². The maximum Gasteiger partial charge on any atom is 0.191 e. The van der Waals surface area contributed by atoms with Gasteiger partial charge in [0.25, 0.3) is 0 Å². The van der Waals surface area contributed by atoms with Gasteiger partial charge in [-0.3, -0.25) is 4.68 Å². The molecule has 2 aromatic rings. The van der Waals surface area contributed by atoms with Crippen LogP contribution in [0.2, 0.25) is 0 Å². The smallest absolute Gasteiger partial charge is 0.191 e. The summed E-state index contributed by atoms with van der Waals surface area (Å²) in [6.07, 6.45) is 3.76. The number of aryl methyl sites for hydroxylation is 1. The highest BCUT2D eigenvalue weighted by atomic mass is 127. The van der Waals surface area contributed by atoms with E-state index in [2.05, 4.69) is 34.8 Å². The first kappa shape index (κ1) is 23.5. The quantitative estimate of drug-likeness (QED) is 0.339. The molecule has 3 rings (SSSR count). The largest absolute Gasteiger partial charge is 0.497 e. The molecule has 2 heterocycles. The van der Waals surface area contributed by atoms with E-state index in [0.29, 0.717) is 6.54 Å². The molecule has 0 radical (unpaired) electrons. The zero-order chi connectivity index (χ0) is 19.8. The SMILES string of the molecule is CCNC(=NCc1ccnn1C)NCC1(c2ccc(OC)cc2)CCOCC1.I. The van der Waals surface area contributed by atoms with Gasteiger partial charge in [0.15, 0.2) is 5.96 Å². The molecule has 2 N–H and O–H groups in total. The molecule has 1 fully saturated rings. The number of ether oxygens (including phenoxy) is 2.